The van der Waals surface area contributed by atoms with Crippen LogP contribution in [-0.2, 0) is 0 Å². The van der Waals surface area contributed by atoms with Gasteiger partial charge in [0.15, 0.2) is 0 Å². The van der Waals surface area contributed by atoms with Gasteiger partial charge >= 0.3 is 0 Å². The van der Waals surface area contributed by atoms with Gasteiger partial charge in [-0.1, -0.05) is 74.7 Å². The molecule has 0 saturated heterocycles. The minimum Gasteiger partial charge on any atom is -0.0651 e. The van der Waals surface area contributed by atoms with Crippen molar-refractivity contribution < 1.29 is 0 Å². The van der Waals surface area contributed by atoms with Crippen molar-refractivity contribution in [2.75, 3.05) is 0 Å². The molecule has 0 saturated carbocycles. The lowest BCUT2D eigenvalue weighted by Gasteiger charge is -2.33. The number of hydrogen-bond acceptors (Lipinski definition) is 0. The molecule has 0 heteroatoms. The van der Waals surface area contributed by atoms with Crippen molar-refractivity contribution in [3.05, 3.63) is 0 Å². The molecule has 4 atom stereocenters. The quantitative estimate of drug-likeness (QED) is 0.461. The maximum Gasteiger partial charge on any atom is -0.0357 e. The smallest absolute Gasteiger partial charge is 0.0357 e. The molecular formula is C18H38. The average Bonchev–Trinajstić information content (AvgIpc) is 2.31. The van der Waals surface area contributed by atoms with Gasteiger partial charge in [0.1, 0.15) is 0 Å². The van der Waals surface area contributed by atoms with Gasteiger partial charge in [-0.25, -0.2) is 0 Å². The Labute approximate surface area is 117 Å². The van der Waals surface area contributed by atoms with E-state index in [-0.39, 0.29) is 0 Å². The van der Waals surface area contributed by atoms with Gasteiger partial charge in [-0.3, -0.25) is 0 Å². The number of hydrogen-bond donors (Lipinski definition) is 0. The van der Waals surface area contributed by atoms with Gasteiger partial charge < -0.3 is 0 Å². The second kappa shape index (κ2) is 8.23. The molecule has 18 heavy (non-hydrogen) atoms. The predicted molar refractivity (Wildman–Crippen MR) is 84.9 cm³/mol. The van der Waals surface area contributed by atoms with Gasteiger partial charge in [-0.2, -0.15) is 0 Å². The molecule has 0 rings (SSSR count). The molecule has 0 heterocycles. The van der Waals surface area contributed by atoms with E-state index in [0.29, 0.717) is 5.41 Å². The van der Waals surface area contributed by atoms with Crippen molar-refractivity contribution in [3.8, 4) is 0 Å². The van der Waals surface area contributed by atoms with E-state index >= 15 is 0 Å². The lowest BCUT2D eigenvalue weighted by Crippen LogP contribution is -2.23. The molecule has 0 aromatic carbocycles. The number of rotatable bonds is 8. The average molecular weight is 255 g/mol. The van der Waals surface area contributed by atoms with E-state index in [4.69, 9.17) is 0 Å². The van der Waals surface area contributed by atoms with Crippen molar-refractivity contribution in [1.82, 2.24) is 0 Å². The minimum absolute atomic E-state index is 0.460. The zero-order valence-corrected chi connectivity index (χ0v) is 14.3. The van der Waals surface area contributed by atoms with E-state index < -0.39 is 0 Å². The molecular weight excluding hydrogens is 216 g/mol. The zero-order valence-electron chi connectivity index (χ0n) is 14.3. The van der Waals surface area contributed by atoms with Crippen LogP contribution in [0.3, 0.4) is 0 Å². The zero-order chi connectivity index (χ0) is 14.3. The predicted octanol–water partition coefficient (Wildman–Crippen LogP) is 6.55. The van der Waals surface area contributed by atoms with Crippen LogP contribution >= 0.6 is 0 Å². The Balaban J connectivity index is 4.41. The topological polar surface area (TPSA) is 0 Å². The largest absolute Gasteiger partial charge is 0.0651 e. The third kappa shape index (κ3) is 6.81. The van der Waals surface area contributed by atoms with Crippen molar-refractivity contribution in [1.29, 1.82) is 0 Å². The highest BCUT2D eigenvalue weighted by Gasteiger charge is 2.26. The summed E-state index contributed by atoms with van der Waals surface area (Å²) in [6, 6.07) is 0. The van der Waals surface area contributed by atoms with E-state index in [2.05, 4.69) is 55.4 Å². The highest BCUT2D eigenvalue weighted by atomic mass is 14.3. The van der Waals surface area contributed by atoms with Crippen molar-refractivity contribution in [2.45, 2.75) is 87.5 Å². The maximum atomic E-state index is 2.46. The summed E-state index contributed by atoms with van der Waals surface area (Å²) in [5.74, 6) is 3.55. The molecule has 0 nitrogen and oxygen atoms in total. The highest BCUT2D eigenvalue weighted by Crippen LogP contribution is 2.36. The van der Waals surface area contributed by atoms with Crippen LogP contribution in [0.5, 0.6) is 0 Å². The van der Waals surface area contributed by atoms with E-state index in [1.165, 1.54) is 32.1 Å². The van der Waals surface area contributed by atoms with Gasteiger partial charge in [-0.15, -0.1) is 0 Å². The lowest BCUT2D eigenvalue weighted by atomic mass is 9.72. The molecule has 0 bridgehead atoms. The van der Waals surface area contributed by atoms with E-state index in [0.717, 1.165) is 23.7 Å². The molecule has 0 aliphatic carbocycles. The molecule has 0 amide bonds. The van der Waals surface area contributed by atoms with Crippen LogP contribution in [0.4, 0.5) is 0 Å². The first-order valence-electron chi connectivity index (χ1n) is 8.22. The maximum absolute atomic E-state index is 2.46. The molecule has 0 N–H and O–H groups in total. The Morgan fingerprint density at radius 3 is 1.78 bits per heavy atom. The lowest BCUT2D eigenvalue weighted by molar-refractivity contribution is 0.171. The Morgan fingerprint density at radius 1 is 0.833 bits per heavy atom. The Hall–Kier alpha value is 0. The molecule has 0 aromatic rings. The Bertz CT molecular complexity index is 199. The minimum atomic E-state index is 0.460. The molecule has 4 unspecified atom stereocenters. The molecule has 0 aliphatic heterocycles. The highest BCUT2D eigenvalue weighted by molar-refractivity contribution is 4.76. The molecule has 0 aromatic heterocycles. The summed E-state index contributed by atoms with van der Waals surface area (Å²) < 4.78 is 0. The first-order chi connectivity index (χ1) is 8.22. The molecule has 0 aliphatic rings. The Morgan fingerprint density at radius 2 is 1.39 bits per heavy atom. The van der Waals surface area contributed by atoms with Crippen LogP contribution in [0.25, 0.3) is 0 Å². The molecule has 0 fully saturated rings. The van der Waals surface area contributed by atoms with Crippen LogP contribution in [0.1, 0.15) is 87.5 Å². The van der Waals surface area contributed by atoms with Gasteiger partial charge in [0, 0.05) is 0 Å². The summed E-state index contributed by atoms with van der Waals surface area (Å²) >= 11 is 0. The van der Waals surface area contributed by atoms with Crippen LogP contribution in [0.2, 0.25) is 0 Å². The second-order valence-corrected chi connectivity index (χ2v) is 7.74. The van der Waals surface area contributed by atoms with Gasteiger partial charge in [0.2, 0.25) is 0 Å². The summed E-state index contributed by atoms with van der Waals surface area (Å²) in [6.07, 6.45) is 6.94. The van der Waals surface area contributed by atoms with E-state index in [9.17, 15) is 0 Å². The van der Waals surface area contributed by atoms with E-state index in [1.54, 1.807) is 0 Å². The van der Waals surface area contributed by atoms with Crippen molar-refractivity contribution >= 4 is 0 Å². The summed E-state index contributed by atoms with van der Waals surface area (Å²) in [5, 5.41) is 0. The van der Waals surface area contributed by atoms with Gasteiger partial charge in [-0.05, 0) is 41.9 Å². The summed E-state index contributed by atoms with van der Waals surface area (Å²) in [5.41, 5.74) is 0.460. The first-order valence-corrected chi connectivity index (χ1v) is 8.22. The summed E-state index contributed by atoms with van der Waals surface area (Å²) in [6.45, 7) is 19.1. The Kier molecular flexibility index (Phi) is 8.23. The fraction of sp³-hybridized carbons (Fsp3) is 1.00. The van der Waals surface area contributed by atoms with Crippen LogP contribution in [0.15, 0.2) is 0 Å². The fourth-order valence-electron chi connectivity index (χ4n) is 2.48. The third-order valence-corrected chi connectivity index (χ3v) is 5.31. The molecule has 0 radical (unpaired) electrons. The SMILES string of the molecule is CCC(C)CCC(CC(C)C(C)(C)C)C(C)CC. The second-order valence-electron chi connectivity index (χ2n) is 7.74. The van der Waals surface area contributed by atoms with Crippen LogP contribution in [0, 0.1) is 29.1 Å². The monoisotopic (exact) mass is 254 g/mol. The summed E-state index contributed by atoms with van der Waals surface area (Å²) in [7, 11) is 0. The third-order valence-electron chi connectivity index (χ3n) is 5.31. The molecule has 0 spiro atoms. The fourth-order valence-corrected chi connectivity index (χ4v) is 2.48. The normalized spacial score (nSPS) is 19.3. The summed E-state index contributed by atoms with van der Waals surface area (Å²) in [4.78, 5) is 0. The van der Waals surface area contributed by atoms with Crippen molar-refractivity contribution in [2.24, 2.45) is 29.1 Å². The van der Waals surface area contributed by atoms with Crippen LogP contribution in [-0.4, -0.2) is 0 Å². The van der Waals surface area contributed by atoms with Gasteiger partial charge in [0.25, 0.3) is 0 Å². The van der Waals surface area contributed by atoms with E-state index in [1.807, 2.05) is 0 Å². The van der Waals surface area contributed by atoms with Gasteiger partial charge in [0.05, 0.1) is 0 Å². The van der Waals surface area contributed by atoms with Crippen molar-refractivity contribution in [3.63, 3.8) is 0 Å². The molecule has 110 valence electrons. The first kappa shape index (κ1) is 18.0. The van der Waals surface area contributed by atoms with Crippen LogP contribution < -0.4 is 0 Å². The standard InChI is InChI=1S/C18H38/c1-9-14(3)11-12-17(15(4)10-2)13-16(5)18(6,7)8/h14-17H,9-13H2,1-8H3.